The molecule has 4 fully saturated rings. The fourth-order valence-corrected chi connectivity index (χ4v) is 4.95. The van der Waals surface area contributed by atoms with Crippen molar-refractivity contribution in [3.8, 4) is 0 Å². The first kappa shape index (κ1) is 9.69. The lowest BCUT2D eigenvalue weighted by Gasteiger charge is -2.57. The molecule has 0 aliphatic heterocycles. The Morgan fingerprint density at radius 1 is 1.07 bits per heavy atom. The molecule has 0 aromatic rings. The molecule has 4 aliphatic rings. The second kappa shape index (κ2) is 3.23. The fraction of sp³-hybridized carbons (Fsp3) is 0.733. The molecule has 15 heavy (non-hydrogen) atoms. The van der Waals surface area contributed by atoms with Gasteiger partial charge in [0.25, 0.3) is 0 Å². The van der Waals surface area contributed by atoms with Crippen LogP contribution in [-0.4, -0.2) is 0 Å². The molecule has 0 N–H and O–H groups in total. The van der Waals surface area contributed by atoms with E-state index in [4.69, 9.17) is 0 Å². The van der Waals surface area contributed by atoms with Gasteiger partial charge in [0, 0.05) is 0 Å². The average Bonchev–Trinajstić information content (AvgIpc) is 2.15. The molecular formula is C15H22. The van der Waals surface area contributed by atoms with Gasteiger partial charge in [0.05, 0.1) is 0 Å². The van der Waals surface area contributed by atoms with Gasteiger partial charge in [-0.05, 0) is 68.6 Å². The lowest BCUT2D eigenvalue weighted by atomic mass is 9.48. The van der Waals surface area contributed by atoms with Crippen LogP contribution in [0.25, 0.3) is 0 Å². The van der Waals surface area contributed by atoms with Gasteiger partial charge in [-0.15, -0.1) is 0 Å². The molecule has 0 aromatic heterocycles. The molecule has 4 saturated carbocycles. The molecule has 4 bridgehead atoms. The Kier molecular flexibility index (Phi) is 2.09. The van der Waals surface area contributed by atoms with Gasteiger partial charge in [-0.2, -0.15) is 0 Å². The number of hydrogen-bond acceptors (Lipinski definition) is 0. The summed E-state index contributed by atoms with van der Waals surface area (Å²) in [6.45, 7) is 6.19. The predicted octanol–water partition coefficient (Wildman–Crippen LogP) is 4.34. The summed E-state index contributed by atoms with van der Waals surface area (Å²) < 4.78 is 0. The number of hydrogen-bond donors (Lipinski definition) is 0. The molecule has 0 heteroatoms. The lowest BCUT2D eigenvalue weighted by molar-refractivity contribution is -0.0303. The topological polar surface area (TPSA) is 0 Å². The van der Waals surface area contributed by atoms with Crippen LogP contribution in [0.2, 0.25) is 0 Å². The van der Waals surface area contributed by atoms with E-state index < -0.39 is 0 Å². The highest BCUT2D eigenvalue weighted by molar-refractivity contribution is 5.22. The van der Waals surface area contributed by atoms with E-state index in [-0.39, 0.29) is 0 Å². The third kappa shape index (κ3) is 1.41. The van der Waals surface area contributed by atoms with E-state index in [0.717, 1.165) is 17.8 Å². The fourth-order valence-electron chi connectivity index (χ4n) is 4.95. The molecule has 0 spiro atoms. The van der Waals surface area contributed by atoms with Crippen molar-refractivity contribution in [1.29, 1.82) is 0 Å². The van der Waals surface area contributed by atoms with Crippen LogP contribution in [0.1, 0.15) is 45.4 Å². The summed E-state index contributed by atoms with van der Waals surface area (Å²) in [5.74, 6) is 3.18. The highest BCUT2D eigenvalue weighted by Crippen LogP contribution is 2.62. The SMILES string of the molecule is C=C/C=C(\C)C12CC3CC(CC(C3)C1)C2. The summed E-state index contributed by atoms with van der Waals surface area (Å²) in [5, 5.41) is 0. The second-order valence-corrected chi connectivity index (χ2v) is 6.28. The summed E-state index contributed by atoms with van der Waals surface area (Å²) in [7, 11) is 0. The highest BCUT2D eigenvalue weighted by atomic mass is 14.6. The van der Waals surface area contributed by atoms with Crippen LogP contribution in [0.4, 0.5) is 0 Å². The van der Waals surface area contributed by atoms with Crippen molar-refractivity contribution in [1.82, 2.24) is 0 Å². The van der Waals surface area contributed by atoms with Gasteiger partial charge >= 0.3 is 0 Å². The Hall–Kier alpha value is -0.520. The minimum absolute atomic E-state index is 0.600. The van der Waals surface area contributed by atoms with Gasteiger partial charge in [0.1, 0.15) is 0 Å². The Bertz CT molecular complexity index is 273. The Labute approximate surface area is 93.5 Å². The van der Waals surface area contributed by atoms with Gasteiger partial charge < -0.3 is 0 Å². The molecule has 4 aliphatic carbocycles. The maximum atomic E-state index is 3.85. The van der Waals surface area contributed by atoms with Crippen molar-refractivity contribution < 1.29 is 0 Å². The van der Waals surface area contributed by atoms with Crippen molar-refractivity contribution in [3.63, 3.8) is 0 Å². The Morgan fingerprint density at radius 3 is 1.93 bits per heavy atom. The van der Waals surface area contributed by atoms with Gasteiger partial charge in [-0.3, -0.25) is 0 Å². The van der Waals surface area contributed by atoms with E-state index in [1.807, 2.05) is 6.08 Å². The van der Waals surface area contributed by atoms with Crippen molar-refractivity contribution in [3.05, 3.63) is 24.3 Å². The second-order valence-electron chi connectivity index (χ2n) is 6.28. The van der Waals surface area contributed by atoms with E-state index in [1.54, 1.807) is 24.8 Å². The van der Waals surface area contributed by atoms with Gasteiger partial charge in [-0.1, -0.05) is 24.3 Å². The molecule has 0 unspecified atom stereocenters. The van der Waals surface area contributed by atoms with Crippen molar-refractivity contribution in [2.45, 2.75) is 45.4 Å². The minimum Gasteiger partial charge on any atom is -0.0991 e. The Balaban J connectivity index is 1.93. The quantitative estimate of drug-likeness (QED) is 0.584. The summed E-state index contributed by atoms with van der Waals surface area (Å²) >= 11 is 0. The summed E-state index contributed by atoms with van der Waals surface area (Å²) in [6, 6.07) is 0. The van der Waals surface area contributed by atoms with Crippen LogP contribution in [-0.2, 0) is 0 Å². The first-order chi connectivity index (χ1) is 7.22. The summed E-state index contributed by atoms with van der Waals surface area (Å²) in [4.78, 5) is 0. The molecule has 82 valence electrons. The molecule has 0 atom stereocenters. The van der Waals surface area contributed by atoms with E-state index in [9.17, 15) is 0 Å². The van der Waals surface area contributed by atoms with Gasteiger partial charge in [0.2, 0.25) is 0 Å². The maximum absolute atomic E-state index is 3.85. The van der Waals surface area contributed by atoms with Crippen LogP contribution < -0.4 is 0 Å². The zero-order valence-corrected chi connectivity index (χ0v) is 9.84. The maximum Gasteiger partial charge on any atom is -0.00798 e. The molecular weight excluding hydrogens is 180 g/mol. The standard InChI is InChI=1S/C15H22/c1-3-4-11(2)15-8-12-5-13(9-15)7-14(6-12)10-15/h3-4,12-14H,1,5-10H2,2H3/b11-4+. The highest BCUT2D eigenvalue weighted by Gasteiger charge is 2.51. The van der Waals surface area contributed by atoms with Crippen LogP contribution >= 0.6 is 0 Å². The zero-order chi connectivity index (χ0) is 10.5. The van der Waals surface area contributed by atoms with Gasteiger partial charge in [-0.25, -0.2) is 0 Å². The van der Waals surface area contributed by atoms with E-state index >= 15 is 0 Å². The third-order valence-electron chi connectivity index (χ3n) is 5.24. The van der Waals surface area contributed by atoms with Crippen LogP contribution in [0, 0.1) is 23.2 Å². The molecule has 0 saturated heterocycles. The molecule has 0 amide bonds. The molecule has 0 aromatic carbocycles. The molecule has 0 radical (unpaired) electrons. The smallest absolute Gasteiger partial charge is 0.00798 e. The van der Waals surface area contributed by atoms with Crippen LogP contribution in [0.15, 0.2) is 24.3 Å². The van der Waals surface area contributed by atoms with Crippen LogP contribution in [0.3, 0.4) is 0 Å². The zero-order valence-electron chi connectivity index (χ0n) is 9.84. The first-order valence-electron chi connectivity index (χ1n) is 6.52. The van der Waals surface area contributed by atoms with Crippen molar-refractivity contribution in [2.75, 3.05) is 0 Å². The lowest BCUT2D eigenvalue weighted by Crippen LogP contribution is -2.46. The normalized spacial score (nSPS) is 48.3. The number of rotatable bonds is 2. The number of allylic oxidation sites excluding steroid dienone is 3. The van der Waals surface area contributed by atoms with Crippen molar-refractivity contribution >= 4 is 0 Å². The largest absolute Gasteiger partial charge is 0.0991 e. The van der Waals surface area contributed by atoms with E-state index in [0.29, 0.717) is 5.41 Å². The monoisotopic (exact) mass is 202 g/mol. The molecule has 4 rings (SSSR count). The molecule has 0 heterocycles. The Morgan fingerprint density at radius 2 is 1.53 bits per heavy atom. The molecule has 0 nitrogen and oxygen atoms in total. The van der Waals surface area contributed by atoms with E-state index in [1.165, 1.54) is 19.3 Å². The summed E-state index contributed by atoms with van der Waals surface area (Å²) in [6.07, 6.45) is 13.3. The first-order valence-corrected chi connectivity index (χ1v) is 6.52. The van der Waals surface area contributed by atoms with Crippen LogP contribution in [0.5, 0.6) is 0 Å². The van der Waals surface area contributed by atoms with Gasteiger partial charge in [0.15, 0.2) is 0 Å². The predicted molar refractivity (Wildman–Crippen MR) is 64.6 cm³/mol. The summed E-state index contributed by atoms with van der Waals surface area (Å²) in [5.41, 5.74) is 2.22. The average molecular weight is 202 g/mol. The van der Waals surface area contributed by atoms with E-state index in [2.05, 4.69) is 19.6 Å². The third-order valence-corrected chi connectivity index (χ3v) is 5.24. The van der Waals surface area contributed by atoms with Crippen molar-refractivity contribution in [2.24, 2.45) is 23.2 Å². The minimum atomic E-state index is 0.600.